The SMILES string of the molecule is O=C1C(Cc2ccccc2)N(S(=O)(=O)c2ccccc2)Cc2ccccc2N1Cc1cnc[nH]1. The van der Waals surface area contributed by atoms with Gasteiger partial charge in [0.05, 0.1) is 23.5 Å². The molecule has 5 rings (SSSR count). The average molecular weight is 473 g/mol. The van der Waals surface area contributed by atoms with Crippen LogP contribution >= 0.6 is 0 Å². The minimum Gasteiger partial charge on any atom is -0.347 e. The molecule has 34 heavy (non-hydrogen) atoms. The number of carbonyl (C=O) groups is 1. The molecule has 1 amide bonds. The topological polar surface area (TPSA) is 86.4 Å². The fourth-order valence-corrected chi connectivity index (χ4v) is 5.90. The first-order valence-electron chi connectivity index (χ1n) is 11.0. The summed E-state index contributed by atoms with van der Waals surface area (Å²) in [5.41, 5.74) is 3.12. The number of hydrogen-bond acceptors (Lipinski definition) is 4. The molecule has 0 radical (unpaired) electrons. The van der Waals surface area contributed by atoms with Crippen molar-refractivity contribution in [1.82, 2.24) is 14.3 Å². The van der Waals surface area contributed by atoms with Gasteiger partial charge in [0.2, 0.25) is 15.9 Å². The zero-order chi connectivity index (χ0) is 23.5. The molecule has 7 nitrogen and oxygen atoms in total. The number of benzene rings is 3. The summed E-state index contributed by atoms with van der Waals surface area (Å²) in [5.74, 6) is -0.275. The minimum absolute atomic E-state index is 0.0934. The van der Waals surface area contributed by atoms with Gasteiger partial charge in [-0.25, -0.2) is 13.4 Å². The maximum atomic E-state index is 14.1. The number of aromatic amines is 1. The van der Waals surface area contributed by atoms with Gasteiger partial charge in [-0.3, -0.25) is 4.79 Å². The number of imidazole rings is 1. The van der Waals surface area contributed by atoms with Gasteiger partial charge in [0, 0.05) is 18.4 Å². The third kappa shape index (κ3) is 4.25. The molecular formula is C26H24N4O3S. The fourth-order valence-electron chi connectivity index (χ4n) is 4.32. The highest BCUT2D eigenvalue weighted by Gasteiger charge is 2.41. The highest BCUT2D eigenvalue weighted by molar-refractivity contribution is 7.89. The molecule has 4 aromatic rings. The number of fused-ring (bicyclic) bond motifs is 1. The predicted molar refractivity (Wildman–Crippen MR) is 129 cm³/mol. The van der Waals surface area contributed by atoms with Crippen molar-refractivity contribution in [1.29, 1.82) is 0 Å². The van der Waals surface area contributed by atoms with Crippen molar-refractivity contribution in [3.8, 4) is 0 Å². The van der Waals surface area contributed by atoms with Gasteiger partial charge in [0.15, 0.2) is 0 Å². The molecule has 1 aliphatic heterocycles. The molecule has 0 spiro atoms. The van der Waals surface area contributed by atoms with E-state index in [1.165, 1.54) is 4.31 Å². The molecule has 1 aromatic heterocycles. The van der Waals surface area contributed by atoms with Gasteiger partial charge in [-0.2, -0.15) is 4.31 Å². The second-order valence-corrected chi connectivity index (χ2v) is 10.1. The van der Waals surface area contributed by atoms with Crippen molar-refractivity contribution < 1.29 is 13.2 Å². The lowest BCUT2D eigenvalue weighted by Gasteiger charge is -2.30. The second-order valence-electron chi connectivity index (χ2n) is 8.20. The first kappa shape index (κ1) is 22.1. The summed E-state index contributed by atoms with van der Waals surface area (Å²) in [6.45, 7) is 0.358. The second kappa shape index (κ2) is 9.24. The Labute approximate surface area is 198 Å². The quantitative estimate of drug-likeness (QED) is 0.463. The van der Waals surface area contributed by atoms with Crippen molar-refractivity contribution in [3.63, 3.8) is 0 Å². The monoisotopic (exact) mass is 472 g/mol. The van der Waals surface area contributed by atoms with Crippen molar-refractivity contribution in [2.75, 3.05) is 4.90 Å². The summed E-state index contributed by atoms with van der Waals surface area (Å²) in [6, 6.07) is 24.4. The van der Waals surface area contributed by atoms with Crippen molar-refractivity contribution in [2.45, 2.75) is 30.4 Å². The van der Waals surface area contributed by atoms with E-state index in [9.17, 15) is 13.2 Å². The average Bonchev–Trinajstić information content (AvgIpc) is 3.35. The number of H-pyrrole nitrogens is 1. The normalized spacial score (nSPS) is 16.8. The van der Waals surface area contributed by atoms with E-state index in [4.69, 9.17) is 0 Å². The van der Waals surface area contributed by atoms with Gasteiger partial charge >= 0.3 is 0 Å². The minimum atomic E-state index is -3.95. The molecule has 1 aliphatic rings. The summed E-state index contributed by atoms with van der Waals surface area (Å²) in [4.78, 5) is 23.1. The van der Waals surface area contributed by atoms with E-state index in [2.05, 4.69) is 9.97 Å². The van der Waals surface area contributed by atoms with Crippen LogP contribution in [-0.4, -0.2) is 34.6 Å². The molecule has 1 N–H and O–H groups in total. The first-order valence-corrected chi connectivity index (χ1v) is 12.5. The van der Waals surface area contributed by atoms with Crippen LogP contribution in [0.3, 0.4) is 0 Å². The molecular weight excluding hydrogens is 448 g/mol. The zero-order valence-corrected chi connectivity index (χ0v) is 19.2. The van der Waals surface area contributed by atoms with E-state index in [0.29, 0.717) is 5.69 Å². The molecule has 1 atom stereocenters. The van der Waals surface area contributed by atoms with E-state index in [1.807, 2.05) is 54.6 Å². The molecule has 0 bridgehead atoms. The van der Waals surface area contributed by atoms with Crippen molar-refractivity contribution in [2.24, 2.45) is 0 Å². The number of hydrogen-bond donors (Lipinski definition) is 1. The van der Waals surface area contributed by atoms with Crippen LogP contribution in [0.1, 0.15) is 16.8 Å². The molecule has 0 saturated carbocycles. The van der Waals surface area contributed by atoms with Crippen LogP contribution in [0, 0.1) is 0 Å². The predicted octanol–water partition coefficient (Wildman–Crippen LogP) is 3.76. The maximum absolute atomic E-state index is 14.1. The van der Waals surface area contributed by atoms with Gasteiger partial charge in [-0.1, -0.05) is 66.7 Å². The lowest BCUT2D eigenvalue weighted by molar-refractivity contribution is -0.122. The maximum Gasteiger partial charge on any atom is 0.246 e. The summed E-state index contributed by atoms with van der Waals surface area (Å²) in [5, 5.41) is 0. The van der Waals surface area contributed by atoms with Crippen molar-refractivity contribution in [3.05, 3.63) is 114 Å². The number of carbonyl (C=O) groups excluding carboxylic acids is 1. The van der Waals surface area contributed by atoms with Crippen LogP contribution in [0.4, 0.5) is 5.69 Å². The van der Waals surface area contributed by atoms with Crippen LogP contribution in [0.15, 0.2) is 102 Å². The fraction of sp³-hybridized carbons (Fsp3) is 0.154. The Morgan fingerprint density at radius 1 is 0.912 bits per heavy atom. The van der Waals surface area contributed by atoms with Crippen LogP contribution in [0.25, 0.3) is 0 Å². The van der Waals surface area contributed by atoms with Crippen LogP contribution in [0.5, 0.6) is 0 Å². The summed E-state index contributed by atoms with van der Waals surface area (Å²) < 4.78 is 29.1. The lowest BCUT2D eigenvalue weighted by atomic mass is 10.0. The molecule has 1 unspecified atom stereocenters. The number of rotatable bonds is 6. The van der Waals surface area contributed by atoms with Gasteiger partial charge in [0.25, 0.3) is 0 Å². The summed E-state index contributed by atoms with van der Waals surface area (Å²) >= 11 is 0. The molecule has 0 saturated heterocycles. The Hall–Kier alpha value is -3.75. The molecule has 0 aliphatic carbocycles. The molecule has 0 fully saturated rings. The molecule has 172 valence electrons. The van der Waals surface area contributed by atoms with Gasteiger partial charge in [0.1, 0.15) is 6.04 Å². The Morgan fingerprint density at radius 2 is 1.59 bits per heavy atom. The third-order valence-corrected chi connectivity index (χ3v) is 7.88. The van der Waals surface area contributed by atoms with Gasteiger partial charge in [-0.05, 0) is 35.7 Å². The smallest absolute Gasteiger partial charge is 0.246 e. The Morgan fingerprint density at radius 3 is 2.29 bits per heavy atom. The molecule has 8 heteroatoms. The van der Waals surface area contributed by atoms with E-state index < -0.39 is 16.1 Å². The lowest BCUT2D eigenvalue weighted by Crippen LogP contribution is -2.49. The Bertz CT molecular complexity index is 1370. The number of amides is 1. The van der Waals surface area contributed by atoms with E-state index in [-0.39, 0.29) is 30.3 Å². The highest BCUT2D eigenvalue weighted by Crippen LogP contribution is 2.33. The number of nitrogens with one attached hydrogen (secondary N) is 1. The Kier molecular flexibility index (Phi) is 6.00. The van der Waals surface area contributed by atoms with Gasteiger partial charge < -0.3 is 9.88 Å². The number of aromatic nitrogens is 2. The number of sulfonamides is 1. The summed E-state index contributed by atoms with van der Waals surface area (Å²) in [7, 11) is -3.95. The van der Waals surface area contributed by atoms with Crippen LogP contribution in [0.2, 0.25) is 0 Å². The largest absolute Gasteiger partial charge is 0.347 e. The van der Waals surface area contributed by atoms with Crippen LogP contribution < -0.4 is 4.90 Å². The summed E-state index contributed by atoms with van der Waals surface area (Å²) in [6.07, 6.45) is 3.50. The van der Waals surface area contributed by atoms with Gasteiger partial charge in [-0.15, -0.1) is 0 Å². The number of para-hydroxylation sites is 1. The zero-order valence-electron chi connectivity index (χ0n) is 18.4. The standard InChI is InChI=1S/C26H24N4O3S/c31-26-25(15-20-9-3-1-4-10-20)30(34(32,33)23-12-5-2-6-13-23)17-21-11-7-8-14-24(21)29(26)18-22-16-27-19-28-22/h1-14,16,19,25H,15,17-18H2,(H,27,28). The van der Waals surface area contributed by atoms with E-state index in [0.717, 1.165) is 16.8 Å². The van der Waals surface area contributed by atoms with E-state index >= 15 is 0 Å². The van der Waals surface area contributed by atoms with Crippen LogP contribution in [-0.2, 0) is 34.3 Å². The van der Waals surface area contributed by atoms with Crippen molar-refractivity contribution >= 4 is 21.6 Å². The highest BCUT2D eigenvalue weighted by atomic mass is 32.2. The first-order chi connectivity index (χ1) is 16.5. The number of nitrogens with zero attached hydrogens (tertiary/aromatic N) is 3. The van der Waals surface area contributed by atoms with E-state index in [1.54, 1.807) is 47.8 Å². The third-order valence-electron chi connectivity index (χ3n) is 6.01. The molecule has 3 aromatic carbocycles. The molecule has 2 heterocycles. The number of anilines is 1. The Balaban J connectivity index is 1.64.